The van der Waals surface area contributed by atoms with Crippen LogP contribution in [-0.4, -0.2) is 57.0 Å². The number of hydrogen-bond donors (Lipinski definition) is 3. The van der Waals surface area contributed by atoms with E-state index in [2.05, 4.69) is 40.5 Å². The maximum absolute atomic E-state index is 13.5. The summed E-state index contributed by atoms with van der Waals surface area (Å²) in [5.41, 5.74) is 9.22. The van der Waals surface area contributed by atoms with Crippen molar-refractivity contribution in [1.29, 1.82) is 0 Å². The van der Waals surface area contributed by atoms with Gasteiger partial charge in [0.25, 0.3) is 0 Å². The summed E-state index contributed by atoms with van der Waals surface area (Å²) in [4.78, 5) is 18.7. The van der Waals surface area contributed by atoms with Gasteiger partial charge in [0.2, 0.25) is 5.91 Å². The number of carbonyl (C=O) groups excluding carboxylic acids is 1. The smallest absolute Gasteiger partial charge is 0.247 e. The van der Waals surface area contributed by atoms with Gasteiger partial charge >= 0.3 is 0 Å². The number of amides is 1. The monoisotopic (exact) mass is 409 g/mol. The van der Waals surface area contributed by atoms with Crippen LogP contribution >= 0.6 is 0 Å². The van der Waals surface area contributed by atoms with Crippen molar-refractivity contribution in [3.05, 3.63) is 47.9 Å². The van der Waals surface area contributed by atoms with Gasteiger partial charge in [0.05, 0.1) is 17.9 Å². The molecule has 160 valence electrons. The van der Waals surface area contributed by atoms with Gasteiger partial charge in [-0.3, -0.25) is 4.79 Å². The number of H-pyrrole nitrogens is 1. The van der Waals surface area contributed by atoms with Crippen LogP contribution in [0.1, 0.15) is 43.6 Å². The highest BCUT2D eigenvalue weighted by Crippen LogP contribution is 2.25. The molecule has 4 N–H and O–H groups in total. The van der Waals surface area contributed by atoms with Crippen LogP contribution in [0.5, 0.6) is 0 Å². The van der Waals surface area contributed by atoms with Gasteiger partial charge in [-0.2, -0.15) is 0 Å². The third-order valence-corrected chi connectivity index (χ3v) is 5.75. The van der Waals surface area contributed by atoms with Crippen molar-refractivity contribution in [2.45, 2.75) is 38.8 Å². The van der Waals surface area contributed by atoms with E-state index >= 15 is 0 Å². The molecule has 3 heterocycles. The molecule has 0 spiro atoms. The summed E-state index contributed by atoms with van der Waals surface area (Å²) in [7, 11) is 0. The second kappa shape index (κ2) is 8.97. The van der Waals surface area contributed by atoms with Crippen molar-refractivity contribution in [2.75, 3.05) is 26.2 Å². The number of benzene rings is 1. The Bertz CT molecular complexity index is 986. The van der Waals surface area contributed by atoms with Crippen LogP contribution in [0.4, 0.5) is 0 Å². The minimum Gasteiger partial charge on any atom is -0.361 e. The van der Waals surface area contributed by atoms with Crippen LogP contribution in [-0.2, 0) is 11.2 Å². The second-order valence-corrected chi connectivity index (χ2v) is 8.51. The van der Waals surface area contributed by atoms with E-state index in [1.54, 1.807) is 4.68 Å². The van der Waals surface area contributed by atoms with Gasteiger partial charge < -0.3 is 20.9 Å². The quantitative estimate of drug-likeness (QED) is 0.554. The molecule has 8 heteroatoms. The summed E-state index contributed by atoms with van der Waals surface area (Å²) in [6, 6.07) is 7.53. The summed E-state index contributed by atoms with van der Waals surface area (Å²) >= 11 is 0. The fourth-order valence-corrected chi connectivity index (χ4v) is 4.14. The van der Waals surface area contributed by atoms with Gasteiger partial charge in [-0.1, -0.05) is 37.3 Å². The number of aromatic amines is 1. The van der Waals surface area contributed by atoms with Crippen LogP contribution in [0.25, 0.3) is 10.9 Å². The van der Waals surface area contributed by atoms with Crippen LogP contribution < -0.4 is 11.1 Å². The van der Waals surface area contributed by atoms with Gasteiger partial charge in [0.15, 0.2) is 0 Å². The molecule has 1 aromatic carbocycles. The number of rotatable bonds is 7. The van der Waals surface area contributed by atoms with Crippen molar-refractivity contribution in [3.63, 3.8) is 0 Å². The highest BCUT2D eigenvalue weighted by molar-refractivity contribution is 5.85. The van der Waals surface area contributed by atoms with Gasteiger partial charge in [0, 0.05) is 49.7 Å². The van der Waals surface area contributed by atoms with Crippen LogP contribution in [0, 0.1) is 5.92 Å². The Kier molecular flexibility index (Phi) is 6.15. The average Bonchev–Trinajstić information content (AvgIpc) is 3.39. The average molecular weight is 410 g/mol. The first-order valence-corrected chi connectivity index (χ1v) is 10.7. The van der Waals surface area contributed by atoms with Gasteiger partial charge in [-0.15, -0.1) is 5.10 Å². The standard InChI is InChI=1S/C22H31N7O/c1-15(2)11-18(23)20-14-29(27-26-20)21(22(30)28-9-7-24-8-10-28)12-16-13-25-19-6-4-3-5-17(16)19/h3-6,13-15,18,21,24-25H,7-12,23H2,1-2H3. The van der Waals surface area contributed by atoms with Crippen molar-refractivity contribution in [2.24, 2.45) is 11.7 Å². The molecule has 8 nitrogen and oxygen atoms in total. The third-order valence-electron chi connectivity index (χ3n) is 5.75. The molecule has 1 fully saturated rings. The van der Waals surface area contributed by atoms with Gasteiger partial charge in [-0.25, -0.2) is 4.68 Å². The molecule has 1 aliphatic rings. The highest BCUT2D eigenvalue weighted by atomic mass is 16.2. The Morgan fingerprint density at radius 3 is 2.77 bits per heavy atom. The molecule has 2 atom stereocenters. The Labute approximate surface area is 176 Å². The third kappa shape index (κ3) is 4.39. The lowest BCUT2D eigenvalue weighted by atomic mass is 10.0. The molecule has 2 unspecified atom stereocenters. The van der Waals surface area contributed by atoms with Crippen LogP contribution in [0.15, 0.2) is 36.7 Å². The predicted molar refractivity (Wildman–Crippen MR) is 117 cm³/mol. The number of nitrogens with one attached hydrogen (secondary N) is 2. The number of carbonyl (C=O) groups is 1. The van der Waals surface area contributed by atoms with E-state index in [-0.39, 0.29) is 11.9 Å². The van der Waals surface area contributed by atoms with Gasteiger partial charge in [0.1, 0.15) is 6.04 Å². The summed E-state index contributed by atoms with van der Waals surface area (Å²) in [5.74, 6) is 0.547. The molecule has 3 aromatic rings. The number of piperazine rings is 1. The van der Waals surface area contributed by atoms with Crippen LogP contribution in [0.2, 0.25) is 0 Å². The zero-order valence-corrected chi connectivity index (χ0v) is 17.7. The molecule has 1 aliphatic heterocycles. The Hall–Kier alpha value is -2.71. The first-order valence-electron chi connectivity index (χ1n) is 10.7. The van der Waals surface area contributed by atoms with E-state index in [9.17, 15) is 4.79 Å². The predicted octanol–water partition coefficient (Wildman–Crippen LogP) is 2.02. The summed E-state index contributed by atoms with van der Waals surface area (Å²) < 4.78 is 1.71. The van der Waals surface area contributed by atoms with Crippen molar-refractivity contribution >= 4 is 16.8 Å². The summed E-state index contributed by atoms with van der Waals surface area (Å²) in [6.45, 7) is 7.31. The molecule has 1 saturated heterocycles. The molecule has 30 heavy (non-hydrogen) atoms. The Morgan fingerprint density at radius 1 is 1.23 bits per heavy atom. The fourth-order valence-electron chi connectivity index (χ4n) is 4.14. The number of fused-ring (bicyclic) bond motifs is 1. The zero-order chi connectivity index (χ0) is 21.1. The van der Waals surface area contributed by atoms with Crippen LogP contribution in [0.3, 0.4) is 0 Å². The maximum atomic E-state index is 13.5. The Morgan fingerprint density at radius 2 is 2.00 bits per heavy atom. The molecule has 2 aromatic heterocycles. The number of para-hydroxylation sites is 1. The lowest BCUT2D eigenvalue weighted by molar-refractivity contribution is -0.135. The molecule has 0 aliphatic carbocycles. The fraction of sp³-hybridized carbons (Fsp3) is 0.500. The molecule has 0 saturated carbocycles. The second-order valence-electron chi connectivity index (χ2n) is 8.51. The van der Waals surface area contributed by atoms with E-state index in [4.69, 9.17) is 5.73 Å². The largest absolute Gasteiger partial charge is 0.361 e. The number of nitrogens with two attached hydrogens (primary N) is 1. The van der Waals surface area contributed by atoms with Crippen molar-refractivity contribution in [1.82, 2.24) is 30.2 Å². The molecule has 4 rings (SSSR count). The van der Waals surface area contributed by atoms with Gasteiger partial charge in [-0.05, 0) is 24.0 Å². The molecule has 0 radical (unpaired) electrons. The van der Waals surface area contributed by atoms with E-state index in [0.717, 1.165) is 41.7 Å². The summed E-state index contributed by atoms with van der Waals surface area (Å²) in [5, 5.41) is 13.1. The lowest BCUT2D eigenvalue weighted by Crippen LogP contribution is -2.49. The topological polar surface area (TPSA) is 105 Å². The molecular formula is C22H31N7O. The summed E-state index contributed by atoms with van der Waals surface area (Å²) in [6.07, 6.45) is 5.23. The highest BCUT2D eigenvalue weighted by Gasteiger charge is 2.29. The normalized spacial score (nSPS) is 16.9. The molecule has 0 bridgehead atoms. The van der Waals surface area contributed by atoms with E-state index in [1.165, 1.54) is 0 Å². The van der Waals surface area contributed by atoms with Crippen molar-refractivity contribution in [3.8, 4) is 0 Å². The van der Waals surface area contributed by atoms with E-state index in [0.29, 0.717) is 25.4 Å². The molecule has 1 amide bonds. The Balaban J connectivity index is 1.63. The van der Waals surface area contributed by atoms with Crippen molar-refractivity contribution < 1.29 is 4.79 Å². The minimum absolute atomic E-state index is 0.0793. The van der Waals surface area contributed by atoms with E-state index in [1.807, 2.05) is 35.5 Å². The zero-order valence-electron chi connectivity index (χ0n) is 17.7. The maximum Gasteiger partial charge on any atom is 0.247 e. The SMILES string of the molecule is CC(C)CC(N)c1cn(C(Cc2c[nH]c3ccccc23)C(=O)N2CCNCC2)nn1. The van der Waals surface area contributed by atoms with E-state index < -0.39 is 6.04 Å². The lowest BCUT2D eigenvalue weighted by Gasteiger charge is -2.30. The number of nitrogens with zero attached hydrogens (tertiary/aromatic N) is 4. The first kappa shape index (κ1) is 20.6. The number of hydrogen-bond acceptors (Lipinski definition) is 5. The first-order chi connectivity index (χ1) is 14.5. The minimum atomic E-state index is -0.449. The molecular weight excluding hydrogens is 378 g/mol. The number of aromatic nitrogens is 4.